The van der Waals surface area contributed by atoms with Crippen LogP contribution in [0.2, 0.25) is 0 Å². The van der Waals surface area contributed by atoms with E-state index >= 15 is 0 Å². The summed E-state index contributed by atoms with van der Waals surface area (Å²) in [5, 5.41) is 39.4. The van der Waals surface area contributed by atoms with Gasteiger partial charge in [-0.2, -0.15) is 0 Å². The maximum absolute atomic E-state index is 12.1. The van der Waals surface area contributed by atoms with E-state index in [1.54, 1.807) is 0 Å². The largest absolute Gasteiger partial charge is 0.529 e. The number of nitrogens with zero attached hydrogens (tertiary/aromatic N) is 4. The number of phosphoric acid groups is 1. The lowest BCUT2D eigenvalue weighted by Crippen LogP contribution is -2.33. The fourth-order valence-electron chi connectivity index (χ4n) is 3.15. The minimum absolute atomic E-state index is 0.0941. The number of phosphoric ester groups is 1. The number of aliphatic hydroxyl groups is 2. The number of benzene rings is 1. The Labute approximate surface area is 184 Å². The van der Waals surface area contributed by atoms with Crippen LogP contribution in [-0.2, 0) is 18.3 Å². The Morgan fingerprint density at radius 1 is 1.18 bits per heavy atom. The summed E-state index contributed by atoms with van der Waals surface area (Å²) in [6.45, 7) is -0.736. The first-order valence-electron chi connectivity index (χ1n) is 9.25. The van der Waals surface area contributed by atoms with Crippen LogP contribution in [0.4, 0.5) is 5.82 Å². The summed E-state index contributed by atoms with van der Waals surface area (Å²) in [4.78, 5) is 33.7. The number of aromatic hydroxyl groups is 2. The smallest absolute Gasteiger partial charge is 0.504 e. The van der Waals surface area contributed by atoms with Crippen molar-refractivity contribution in [1.29, 1.82) is 0 Å². The van der Waals surface area contributed by atoms with Gasteiger partial charge >= 0.3 is 13.8 Å². The summed E-state index contributed by atoms with van der Waals surface area (Å²) < 4.78 is 28.2. The standard InChI is InChI=1S/C17H18N5O10P/c18-14-11-15(20-5-19-14)22(6-21-11)16-13(26)12(25)10(31-16)4-30-33(28,29)32-17(27)7-1-2-8(23)9(24)3-7/h1-3,5-6,10,12-13,16,23-26H,4H2,(H,28,29)(H2,18,19,20)/t10-,12-,13-,16-/m1/s1. The molecule has 0 bridgehead atoms. The highest BCUT2D eigenvalue weighted by Gasteiger charge is 2.45. The van der Waals surface area contributed by atoms with Crippen LogP contribution >= 0.6 is 7.82 Å². The number of phenolic OH excluding ortho intramolecular Hbond substituents is 2. The van der Waals surface area contributed by atoms with Crippen LogP contribution in [0.5, 0.6) is 11.5 Å². The van der Waals surface area contributed by atoms with Gasteiger partial charge in [0.25, 0.3) is 0 Å². The monoisotopic (exact) mass is 483 g/mol. The molecule has 0 spiro atoms. The van der Waals surface area contributed by atoms with Crippen molar-refractivity contribution in [3.63, 3.8) is 0 Å². The lowest BCUT2D eigenvalue weighted by Gasteiger charge is -2.17. The molecule has 0 amide bonds. The number of fused-ring (bicyclic) bond motifs is 1. The second-order valence-electron chi connectivity index (χ2n) is 6.98. The third-order valence-corrected chi connectivity index (χ3v) is 5.68. The highest BCUT2D eigenvalue weighted by molar-refractivity contribution is 7.48. The van der Waals surface area contributed by atoms with Gasteiger partial charge in [-0.1, -0.05) is 0 Å². The van der Waals surface area contributed by atoms with Crippen molar-refractivity contribution in [1.82, 2.24) is 19.5 Å². The Morgan fingerprint density at radius 3 is 2.67 bits per heavy atom. The second-order valence-corrected chi connectivity index (χ2v) is 8.35. The maximum Gasteiger partial charge on any atom is 0.529 e. The van der Waals surface area contributed by atoms with Crippen LogP contribution in [0, 0.1) is 0 Å². The Morgan fingerprint density at radius 2 is 1.94 bits per heavy atom. The van der Waals surface area contributed by atoms with Gasteiger partial charge in [-0.05, 0) is 18.2 Å². The van der Waals surface area contributed by atoms with Crippen LogP contribution in [-0.4, -0.2) is 75.7 Å². The molecule has 5 atom stereocenters. The topological polar surface area (TPSA) is 233 Å². The average Bonchev–Trinajstić information content (AvgIpc) is 3.31. The van der Waals surface area contributed by atoms with Gasteiger partial charge in [0, 0.05) is 0 Å². The number of imidazole rings is 1. The molecule has 0 radical (unpaired) electrons. The van der Waals surface area contributed by atoms with Gasteiger partial charge in [0.2, 0.25) is 0 Å². The third kappa shape index (κ3) is 4.45. The van der Waals surface area contributed by atoms with Crippen molar-refractivity contribution in [3.05, 3.63) is 36.4 Å². The van der Waals surface area contributed by atoms with Gasteiger partial charge in [0.05, 0.1) is 18.5 Å². The number of rotatable bonds is 6. The maximum atomic E-state index is 12.1. The van der Waals surface area contributed by atoms with Crippen molar-refractivity contribution >= 4 is 30.8 Å². The Balaban J connectivity index is 1.42. The van der Waals surface area contributed by atoms with Crippen molar-refractivity contribution in [2.45, 2.75) is 24.5 Å². The number of nitrogens with two attached hydrogens (primary N) is 1. The van der Waals surface area contributed by atoms with Crippen molar-refractivity contribution in [2.75, 3.05) is 12.3 Å². The Kier molecular flexibility index (Phi) is 5.92. The number of ether oxygens (including phenoxy) is 1. The highest BCUT2D eigenvalue weighted by Crippen LogP contribution is 2.45. The van der Waals surface area contributed by atoms with Crippen LogP contribution < -0.4 is 5.73 Å². The molecule has 16 heteroatoms. The Bertz CT molecular complexity index is 1250. The van der Waals surface area contributed by atoms with E-state index in [9.17, 15) is 34.7 Å². The van der Waals surface area contributed by atoms with E-state index in [0.717, 1.165) is 18.2 Å². The average molecular weight is 483 g/mol. The molecule has 1 saturated heterocycles. The number of aliphatic hydroxyl groups excluding tert-OH is 2. The molecule has 7 N–H and O–H groups in total. The third-order valence-electron chi connectivity index (χ3n) is 4.81. The van der Waals surface area contributed by atoms with Crippen LogP contribution in [0.15, 0.2) is 30.9 Å². The molecular weight excluding hydrogens is 465 g/mol. The first-order chi connectivity index (χ1) is 15.6. The van der Waals surface area contributed by atoms with Gasteiger partial charge in [0.15, 0.2) is 29.2 Å². The van der Waals surface area contributed by atoms with Crippen LogP contribution in [0.25, 0.3) is 11.2 Å². The van der Waals surface area contributed by atoms with Gasteiger partial charge in [0.1, 0.15) is 30.2 Å². The van der Waals surface area contributed by atoms with Crippen molar-refractivity contribution < 1.29 is 48.5 Å². The van der Waals surface area contributed by atoms with Gasteiger partial charge < -0.3 is 35.4 Å². The van der Waals surface area contributed by atoms with Crippen LogP contribution in [0.3, 0.4) is 0 Å². The summed E-state index contributed by atoms with van der Waals surface area (Å²) in [7, 11) is -4.99. The molecule has 4 rings (SSSR count). The molecule has 1 aromatic carbocycles. The number of aromatic nitrogens is 4. The molecular formula is C17H18N5O10P. The zero-order valence-corrected chi connectivity index (χ0v) is 17.4. The normalized spacial score (nSPS) is 24.6. The minimum atomic E-state index is -4.99. The molecule has 2 aromatic heterocycles. The zero-order chi connectivity index (χ0) is 23.9. The molecule has 0 saturated carbocycles. The van der Waals surface area contributed by atoms with Crippen molar-refractivity contribution in [2.24, 2.45) is 0 Å². The molecule has 176 valence electrons. The molecule has 1 fully saturated rings. The van der Waals surface area contributed by atoms with E-state index < -0.39 is 56.4 Å². The van der Waals surface area contributed by atoms with E-state index in [0.29, 0.717) is 0 Å². The van der Waals surface area contributed by atoms with Crippen molar-refractivity contribution in [3.8, 4) is 11.5 Å². The fraction of sp³-hybridized carbons (Fsp3) is 0.294. The number of anilines is 1. The second kappa shape index (κ2) is 8.55. The number of carbonyl (C=O) groups is 1. The number of carbonyl (C=O) groups excluding carboxylic acids is 1. The van der Waals surface area contributed by atoms with E-state index in [-0.39, 0.29) is 22.5 Å². The SMILES string of the molecule is Nc1ncnc2c1ncn2[C@@H]1O[C@H](COP(=O)(O)OC(=O)c2ccc(O)c(O)c2)[C@@H](O)[C@H]1O. The summed E-state index contributed by atoms with van der Waals surface area (Å²) in [6, 6.07) is 2.86. The molecule has 33 heavy (non-hydrogen) atoms. The number of phenols is 2. The molecule has 1 unspecified atom stereocenters. The summed E-state index contributed by atoms with van der Waals surface area (Å²) in [5.74, 6) is -2.37. The first-order valence-corrected chi connectivity index (χ1v) is 10.7. The summed E-state index contributed by atoms with van der Waals surface area (Å²) >= 11 is 0. The van der Waals surface area contributed by atoms with Gasteiger partial charge in [-0.3, -0.25) is 14.0 Å². The minimum Gasteiger partial charge on any atom is -0.504 e. The number of nitrogen functional groups attached to an aromatic ring is 1. The predicted octanol–water partition coefficient (Wildman–Crippen LogP) is -0.587. The van der Waals surface area contributed by atoms with E-state index in [1.807, 2.05) is 0 Å². The zero-order valence-electron chi connectivity index (χ0n) is 16.5. The lowest BCUT2D eigenvalue weighted by atomic mass is 10.1. The summed E-state index contributed by atoms with van der Waals surface area (Å²) in [6.07, 6.45) is -3.07. The predicted molar refractivity (Wildman–Crippen MR) is 107 cm³/mol. The number of hydrogen-bond acceptors (Lipinski definition) is 13. The number of hydrogen-bond donors (Lipinski definition) is 6. The van der Waals surface area contributed by atoms with Gasteiger partial charge in [-0.25, -0.2) is 24.3 Å². The summed E-state index contributed by atoms with van der Waals surface area (Å²) in [5.41, 5.74) is 5.86. The first kappa shape index (κ1) is 22.8. The molecule has 0 aliphatic carbocycles. The van der Waals surface area contributed by atoms with Crippen LogP contribution in [0.1, 0.15) is 16.6 Å². The fourth-order valence-corrected chi connectivity index (χ4v) is 3.86. The molecule has 3 heterocycles. The van der Waals surface area contributed by atoms with E-state index in [1.165, 1.54) is 17.2 Å². The lowest BCUT2D eigenvalue weighted by molar-refractivity contribution is -0.0508. The molecule has 1 aliphatic heterocycles. The van der Waals surface area contributed by atoms with Gasteiger partial charge in [-0.15, -0.1) is 0 Å². The quantitative estimate of drug-likeness (QED) is 0.190. The molecule has 3 aromatic rings. The molecule has 15 nitrogen and oxygen atoms in total. The highest BCUT2D eigenvalue weighted by atomic mass is 31.2. The van der Waals surface area contributed by atoms with E-state index in [2.05, 4.69) is 19.5 Å². The molecule has 1 aliphatic rings. The van der Waals surface area contributed by atoms with E-state index in [4.69, 9.17) is 15.0 Å². The Hall–Kier alpha value is -3.33.